The predicted octanol–water partition coefficient (Wildman–Crippen LogP) is 3.83. The quantitative estimate of drug-likeness (QED) is 0.685. The maximum absolute atomic E-state index is 12.7. The molecular formula is C17H12BrClN2O2S. The van der Waals surface area contributed by atoms with Crippen LogP contribution in [-0.2, 0) is 10.3 Å². The van der Waals surface area contributed by atoms with Crippen LogP contribution in [0.4, 0.5) is 0 Å². The van der Waals surface area contributed by atoms with Gasteiger partial charge in [-0.05, 0) is 48.1 Å². The molecule has 0 radical (unpaired) electrons. The first-order valence-electron chi connectivity index (χ1n) is 7.34. The third-order valence-electron chi connectivity index (χ3n) is 4.35. The Hall–Kier alpha value is -1.63. The summed E-state index contributed by atoms with van der Waals surface area (Å²) in [6.07, 6.45) is 0.152. The molecule has 122 valence electrons. The second kappa shape index (κ2) is 5.72. The van der Waals surface area contributed by atoms with Crippen LogP contribution in [0.3, 0.4) is 0 Å². The van der Waals surface area contributed by atoms with E-state index in [1.807, 2.05) is 42.5 Å². The second-order valence-corrected chi connectivity index (χ2v) is 7.58. The lowest BCUT2D eigenvalue weighted by molar-refractivity contribution is -0.126. The summed E-state index contributed by atoms with van der Waals surface area (Å²) in [6.45, 7) is 0. The number of carbonyl (C=O) groups is 1. The first-order chi connectivity index (χ1) is 11.5. The number of hydrogen-bond donors (Lipinski definition) is 2. The SMILES string of the molecule is O=C1NC(=S)NC12CC(c1ccc(Cl)cc1)Oc1ccc(Br)cc12. The molecule has 4 nitrogen and oxygen atoms in total. The van der Waals surface area contributed by atoms with Gasteiger partial charge < -0.3 is 15.4 Å². The van der Waals surface area contributed by atoms with Crippen LogP contribution >= 0.6 is 39.7 Å². The van der Waals surface area contributed by atoms with Gasteiger partial charge in [0, 0.05) is 21.5 Å². The predicted molar refractivity (Wildman–Crippen MR) is 99.1 cm³/mol. The summed E-state index contributed by atoms with van der Waals surface area (Å²) in [5.41, 5.74) is 0.804. The molecule has 0 aromatic heterocycles. The van der Waals surface area contributed by atoms with Crippen LogP contribution < -0.4 is 15.4 Å². The number of benzene rings is 2. The minimum Gasteiger partial charge on any atom is -0.485 e. The van der Waals surface area contributed by atoms with E-state index in [0.29, 0.717) is 22.3 Å². The third-order valence-corrected chi connectivity index (χ3v) is 5.29. The fourth-order valence-corrected chi connectivity index (χ4v) is 3.96. The summed E-state index contributed by atoms with van der Waals surface area (Å²) < 4.78 is 7.03. The molecule has 0 bridgehead atoms. The highest BCUT2D eigenvalue weighted by molar-refractivity contribution is 9.10. The summed E-state index contributed by atoms with van der Waals surface area (Å²) >= 11 is 14.6. The van der Waals surface area contributed by atoms with E-state index in [0.717, 1.165) is 15.6 Å². The number of rotatable bonds is 1. The summed E-state index contributed by atoms with van der Waals surface area (Å²) in [4.78, 5) is 12.7. The Morgan fingerprint density at radius 1 is 1.25 bits per heavy atom. The van der Waals surface area contributed by atoms with E-state index in [-0.39, 0.29) is 12.0 Å². The van der Waals surface area contributed by atoms with Crippen LogP contribution in [0.15, 0.2) is 46.9 Å². The molecule has 24 heavy (non-hydrogen) atoms. The molecule has 4 rings (SSSR count). The lowest BCUT2D eigenvalue weighted by Gasteiger charge is -2.38. The van der Waals surface area contributed by atoms with Crippen molar-refractivity contribution in [3.63, 3.8) is 0 Å². The highest BCUT2D eigenvalue weighted by Crippen LogP contribution is 2.46. The van der Waals surface area contributed by atoms with E-state index in [4.69, 9.17) is 28.6 Å². The number of thiocarbonyl (C=S) groups is 1. The zero-order valence-corrected chi connectivity index (χ0v) is 15.5. The van der Waals surface area contributed by atoms with Crippen LogP contribution in [0.2, 0.25) is 5.02 Å². The molecule has 2 aromatic rings. The van der Waals surface area contributed by atoms with Gasteiger partial charge in [0.25, 0.3) is 5.91 Å². The van der Waals surface area contributed by atoms with Crippen LogP contribution in [0.25, 0.3) is 0 Å². The number of fused-ring (bicyclic) bond motifs is 2. The molecule has 2 aliphatic heterocycles. The fourth-order valence-electron chi connectivity index (χ4n) is 3.21. The minimum absolute atomic E-state index is 0.158. The highest BCUT2D eigenvalue weighted by atomic mass is 79.9. The van der Waals surface area contributed by atoms with Crippen molar-refractivity contribution in [1.29, 1.82) is 0 Å². The molecule has 7 heteroatoms. The minimum atomic E-state index is -0.932. The van der Waals surface area contributed by atoms with Crippen molar-refractivity contribution >= 4 is 50.8 Å². The fraction of sp³-hybridized carbons (Fsp3) is 0.176. The monoisotopic (exact) mass is 422 g/mol. The molecule has 0 saturated carbocycles. The van der Waals surface area contributed by atoms with Gasteiger partial charge >= 0.3 is 0 Å². The van der Waals surface area contributed by atoms with Gasteiger partial charge in [-0.25, -0.2) is 0 Å². The van der Waals surface area contributed by atoms with E-state index in [1.54, 1.807) is 0 Å². The second-order valence-electron chi connectivity index (χ2n) is 5.82. The Labute approximate surface area is 157 Å². The summed E-state index contributed by atoms with van der Waals surface area (Å²) in [7, 11) is 0. The average Bonchev–Trinajstić information content (AvgIpc) is 2.83. The Morgan fingerprint density at radius 3 is 2.67 bits per heavy atom. The molecule has 0 aliphatic carbocycles. The standard InChI is InChI=1S/C17H12BrClN2O2S/c18-10-3-6-13-12(7-10)17(15(22)20-16(24)21-17)8-14(23-13)9-1-4-11(19)5-2-9/h1-7,14H,8H2,(H2,20,21,22,24). The third kappa shape index (κ3) is 2.49. The van der Waals surface area contributed by atoms with Crippen molar-refractivity contribution in [2.75, 3.05) is 0 Å². The Balaban J connectivity index is 1.84. The number of carbonyl (C=O) groups excluding carboxylic acids is 1. The van der Waals surface area contributed by atoms with Crippen LogP contribution in [0, 0.1) is 0 Å². The van der Waals surface area contributed by atoms with Gasteiger partial charge in [0.05, 0.1) is 0 Å². The lowest BCUT2D eigenvalue weighted by atomic mass is 9.80. The Kier molecular flexibility index (Phi) is 3.78. The van der Waals surface area contributed by atoms with E-state index in [2.05, 4.69) is 26.6 Å². The zero-order chi connectivity index (χ0) is 16.9. The average molecular weight is 424 g/mol. The molecule has 2 heterocycles. The molecule has 1 amide bonds. The summed E-state index contributed by atoms with van der Waals surface area (Å²) in [6, 6.07) is 13.1. The normalized spacial score (nSPS) is 25.0. The largest absolute Gasteiger partial charge is 0.485 e. The van der Waals surface area contributed by atoms with Crippen molar-refractivity contribution in [3.8, 4) is 5.75 Å². The van der Waals surface area contributed by atoms with Crippen molar-refractivity contribution in [2.24, 2.45) is 0 Å². The van der Waals surface area contributed by atoms with Crippen molar-refractivity contribution < 1.29 is 9.53 Å². The van der Waals surface area contributed by atoms with Gasteiger partial charge in [0.15, 0.2) is 10.7 Å². The van der Waals surface area contributed by atoms with Gasteiger partial charge in [0.2, 0.25) is 0 Å². The molecule has 2 N–H and O–H groups in total. The number of hydrogen-bond acceptors (Lipinski definition) is 3. The molecule has 1 saturated heterocycles. The Morgan fingerprint density at radius 2 is 2.00 bits per heavy atom. The number of nitrogens with one attached hydrogen (secondary N) is 2. The van der Waals surface area contributed by atoms with Gasteiger partial charge in [0.1, 0.15) is 11.9 Å². The van der Waals surface area contributed by atoms with Crippen LogP contribution in [0.5, 0.6) is 5.75 Å². The maximum atomic E-state index is 12.7. The van der Waals surface area contributed by atoms with Gasteiger partial charge in [-0.3, -0.25) is 4.79 Å². The van der Waals surface area contributed by atoms with E-state index in [9.17, 15) is 4.79 Å². The van der Waals surface area contributed by atoms with Crippen molar-refractivity contribution in [1.82, 2.24) is 10.6 Å². The molecule has 1 fully saturated rings. The highest BCUT2D eigenvalue weighted by Gasteiger charge is 2.52. The number of amides is 1. The van der Waals surface area contributed by atoms with Crippen LogP contribution in [-0.4, -0.2) is 11.0 Å². The lowest BCUT2D eigenvalue weighted by Crippen LogP contribution is -2.48. The van der Waals surface area contributed by atoms with E-state index >= 15 is 0 Å². The molecular weight excluding hydrogens is 412 g/mol. The maximum Gasteiger partial charge on any atom is 0.256 e. The van der Waals surface area contributed by atoms with Gasteiger partial charge in [-0.1, -0.05) is 39.7 Å². The van der Waals surface area contributed by atoms with Crippen molar-refractivity contribution in [3.05, 3.63) is 63.1 Å². The van der Waals surface area contributed by atoms with Gasteiger partial charge in [-0.15, -0.1) is 0 Å². The van der Waals surface area contributed by atoms with Gasteiger partial charge in [-0.2, -0.15) is 0 Å². The molecule has 2 aromatic carbocycles. The zero-order valence-electron chi connectivity index (χ0n) is 12.3. The van der Waals surface area contributed by atoms with Crippen LogP contribution in [0.1, 0.15) is 23.7 Å². The summed E-state index contributed by atoms with van der Waals surface area (Å²) in [5, 5.41) is 6.86. The van der Waals surface area contributed by atoms with E-state index in [1.165, 1.54) is 0 Å². The first-order valence-corrected chi connectivity index (χ1v) is 8.92. The smallest absolute Gasteiger partial charge is 0.256 e. The molecule has 1 spiro atoms. The summed E-state index contributed by atoms with van der Waals surface area (Å²) in [5.74, 6) is 0.505. The number of ether oxygens (including phenoxy) is 1. The Bertz CT molecular complexity index is 858. The molecule has 2 unspecified atom stereocenters. The molecule has 2 atom stereocenters. The topological polar surface area (TPSA) is 50.4 Å². The van der Waals surface area contributed by atoms with Crippen molar-refractivity contribution in [2.45, 2.75) is 18.1 Å². The first kappa shape index (κ1) is 15.9. The molecule has 2 aliphatic rings. The van der Waals surface area contributed by atoms with E-state index < -0.39 is 5.54 Å². The number of halogens is 2.